The summed E-state index contributed by atoms with van der Waals surface area (Å²) in [5.41, 5.74) is 2.42. The molecule has 0 aliphatic carbocycles. The van der Waals surface area contributed by atoms with E-state index in [0.717, 1.165) is 22.3 Å². The van der Waals surface area contributed by atoms with Gasteiger partial charge in [-0.1, -0.05) is 35.5 Å². The molecule has 8 heteroatoms. The van der Waals surface area contributed by atoms with E-state index in [-0.39, 0.29) is 11.7 Å². The van der Waals surface area contributed by atoms with Gasteiger partial charge in [-0.25, -0.2) is 0 Å². The second-order valence-corrected chi connectivity index (χ2v) is 7.05. The van der Waals surface area contributed by atoms with Crippen LogP contribution in [0.1, 0.15) is 0 Å². The van der Waals surface area contributed by atoms with E-state index in [1.165, 1.54) is 11.8 Å². The Morgan fingerprint density at radius 3 is 2.93 bits per heavy atom. The number of fused-ring (bicyclic) bond motifs is 1. The van der Waals surface area contributed by atoms with Crippen LogP contribution in [0.25, 0.3) is 16.6 Å². The van der Waals surface area contributed by atoms with E-state index in [1.807, 2.05) is 48.5 Å². The van der Waals surface area contributed by atoms with Crippen LogP contribution in [0.3, 0.4) is 0 Å². The summed E-state index contributed by atoms with van der Waals surface area (Å²) in [7, 11) is 0. The highest BCUT2D eigenvalue weighted by atomic mass is 35.5. The van der Waals surface area contributed by atoms with Crippen LogP contribution in [0.4, 0.5) is 5.69 Å². The first-order chi connectivity index (χ1) is 13.2. The van der Waals surface area contributed by atoms with Gasteiger partial charge in [0.2, 0.25) is 5.91 Å². The molecule has 0 bridgehead atoms. The Kier molecular flexibility index (Phi) is 5.04. The summed E-state index contributed by atoms with van der Waals surface area (Å²) in [5.74, 6) is 0.0765. The first kappa shape index (κ1) is 17.5. The van der Waals surface area contributed by atoms with Crippen molar-refractivity contribution in [1.29, 1.82) is 0 Å². The van der Waals surface area contributed by atoms with Crippen LogP contribution in [-0.2, 0) is 4.79 Å². The number of halogens is 1. The maximum atomic E-state index is 12.4. The van der Waals surface area contributed by atoms with Crippen molar-refractivity contribution in [1.82, 2.24) is 19.7 Å². The fourth-order valence-electron chi connectivity index (χ4n) is 2.65. The number of nitrogens with zero attached hydrogens (tertiary/aromatic N) is 4. The lowest BCUT2D eigenvalue weighted by Gasteiger charge is -2.09. The maximum absolute atomic E-state index is 12.4. The number of hydrogen-bond acceptors (Lipinski definition) is 5. The molecule has 0 fully saturated rings. The van der Waals surface area contributed by atoms with E-state index < -0.39 is 0 Å². The molecule has 0 radical (unpaired) electrons. The molecule has 134 valence electrons. The van der Waals surface area contributed by atoms with Gasteiger partial charge in [0, 0.05) is 16.6 Å². The zero-order chi connectivity index (χ0) is 18.6. The van der Waals surface area contributed by atoms with E-state index in [4.69, 9.17) is 11.6 Å². The highest BCUT2D eigenvalue weighted by molar-refractivity contribution is 7.99. The molecule has 0 unspecified atom stereocenters. The number of pyridine rings is 1. The van der Waals surface area contributed by atoms with Gasteiger partial charge in [0.1, 0.15) is 6.33 Å². The molecule has 0 spiro atoms. The second-order valence-electron chi connectivity index (χ2n) is 5.68. The van der Waals surface area contributed by atoms with E-state index in [0.29, 0.717) is 10.2 Å². The van der Waals surface area contributed by atoms with Gasteiger partial charge in [0.05, 0.1) is 22.6 Å². The van der Waals surface area contributed by atoms with Crippen molar-refractivity contribution in [2.75, 3.05) is 11.1 Å². The number of nitrogens with one attached hydrogen (secondary N) is 1. The predicted octanol–water partition coefficient (Wildman–Crippen LogP) is 4.20. The van der Waals surface area contributed by atoms with Gasteiger partial charge in [0.25, 0.3) is 0 Å². The van der Waals surface area contributed by atoms with Crippen LogP contribution in [0.5, 0.6) is 0 Å². The average Bonchev–Trinajstić information content (AvgIpc) is 3.15. The molecule has 1 amide bonds. The molecule has 0 atom stereocenters. The number of carbonyl (C=O) groups is 1. The minimum atomic E-state index is -0.128. The van der Waals surface area contributed by atoms with Gasteiger partial charge in [0.15, 0.2) is 5.16 Å². The minimum Gasteiger partial charge on any atom is -0.325 e. The lowest BCUT2D eigenvalue weighted by atomic mass is 10.2. The van der Waals surface area contributed by atoms with Gasteiger partial charge >= 0.3 is 0 Å². The van der Waals surface area contributed by atoms with E-state index >= 15 is 0 Å². The van der Waals surface area contributed by atoms with Crippen LogP contribution >= 0.6 is 23.4 Å². The van der Waals surface area contributed by atoms with Crippen LogP contribution in [0.15, 0.2) is 72.3 Å². The molecule has 1 N–H and O–H groups in total. The van der Waals surface area contributed by atoms with Crippen molar-refractivity contribution in [2.24, 2.45) is 0 Å². The van der Waals surface area contributed by atoms with Crippen LogP contribution in [0, 0.1) is 0 Å². The Bertz CT molecular complexity index is 1110. The van der Waals surface area contributed by atoms with Crippen LogP contribution in [0.2, 0.25) is 5.02 Å². The molecule has 6 nitrogen and oxygen atoms in total. The third kappa shape index (κ3) is 3.94. The normalized spacial score (nSPS) is 10.9. The molecular formula is C19H14ClN5OS. The number of anilines is 1. The SMILES string of the molecule is O=C(CSc1nncn1-c1cccc(Cl)c1)Nc1cccc2ncccc12. The number of thioether (sulfide) groups is 1. The standard InChI is InChI=1S/C19H14ClN5OS/c20-13-4-1-5-14(10-13)25-12-22-24-19(25)27-11-18(26)23-17-8-2-7-16-15(17)6-3-9-21-16/h1-10,12H,11H2,(H,23,26). The molecule has 2 heterocycles. The molecule has 0 aliphatic rings. The summed E-state index contributed by atoms with van der Waals surface area (Å²) in [6.07, 6.45) is 3.33. The molecule has 2 aromatic carbocycles. The molecule has 0 saturated carbocycles. The topological polar surface area (TPSA) is 72.7 Å². The molecule has 4 rings (SSSR count). The summed E-state index contributed by atoms with van der Waals surface area (Å²) in [6, 6.07) is 16.8. The Morgan fingerprint density at radius 2 is 2.04 bits per heavy atom. The molecule has 4 aromatic rings. The van der Waals surface area contributed by atoms with Gasteiger partial charge in [-0.3, -0.25) is 14.3 Å². The van der Waals surface area contributed by atoms with Crippen molar-refractivity contribution < 1.29 is 4.79 Å². The van der Waals surface area contributed by atoms with Crippen LogP contribution in [-0.4, -0.2) is 31.4 Å². The summed E-state index contributed by atoms with van der Waals surface area (Å²) >= 11 is 7.36. The van der Waals surface area contributed by atoms with Gasteiger partial charge in [-0.2, -0.15) is 0 Å². The molecule has 0 saturated heterocycles. The van der Waals surface area contributed by atoms with Gasteiger partial charge in [-0.15, -0.1) is 10.2 Å². The third-order valence-electron chi connectivity index (χ3n) is 3.85. The first-order valence-electron chi connectivity index (χ1n) is 8.13. The van der Waals surface area contributed by atoms with Crippen molar-refractivity contribution >= 4 is 45.9 Å². The van der Waals surface area contributed by atoms with Gasteiger partial charge in [-0.05, 0) is 42.5 Å². The smallest absolute Gasteiger partial charge is 0.234 e. The van der Waals surface area contributed by atoms with E-state index in [2.05, 4.69) is 20.5 Å². The minimum absolute atomic E-state index is 0.128. The molecule has 0 aliphatic heterocycles. The highest BCUT2D eigenvalue weighted by Gasteiger charge is 2.11. The van der Waals surface area contributed by atoms with Gasteiger partial charge < -0.3 is 5.32 Å². The number of rotatable bonds is 5. The maximum Gasteiger partial charge on any atom is 0.234 e. The van der Waals surface area contributed by atoms with E-state index in [9.17, 15) is 4.79 Å². The van der Waals surface area contributed by atoms with Crippen molar-refractivity contribution in [3.8, 4) is 5.69 Å². The lowest BCUT2D eigenvalue weighted by Crippen LogP contribution is -2.14. The second kappa shape index (κ2) is 7.77. The largest absolute Gasteiger partial charge is 0.325 e. The van der Waals surface area contributed by atoms with Crippen molar-refractivity contribution in [3.63, 3.8) is 0 Å². The number of aromatic nitrogens is 4. The Hall–Kier alpha value is -2.90. The summed E-state index contributed by atoms with van der Waals surface area (Å²) in [4.78, 5) is 16.7. The molecule has 2 aromatic heterocycles. The van der Waals surface area contributed by atoms with Crippen molar-refractivity contribution in [3.05, 3.63) is 72.1 Å². The monoisotopic (exact) mass is 395 g/mol. The Morgan fingerprint density at radius 1 is 1.15 bits per heavy atom. The number of carbonyl (C=O) groups excluding carboxylic acids is 1. The first-order valence-corrected chi connectivity index (χ1v) is 9.49. The average molecular weight is 396 g/mol. The zero-order valence-electron chi connectivity index (χ0n) is 14.0. The quantitative estimate of drug-likeness (QED) is 0.513. The Labute approximate surface area is 164 Å². The Balaban J connectivity index is 1.47. The third-order valence-corrected chi connectivity index (χ3v) is 5.03. The summed E-state index contributed by atoms with van der Waals surface area (Å²) in [5, 5.41) is 13.1. The predicted molar refractivity (Wildman–Crippen MR) is 107 cm³/mol. The molecule has 27 heavy (non-hydrogen) atoms. The number of benzene rings is 2. The fraction of sp³-hybridized carbons (Fsp3) is 0.0526. The van der Waals surface area contributed by atoms with E-state index in [1.54, 1.807) is 23.2 Å². The number of hydrogen-bond donors (Lipinski definition) is 1. The lowest BCUT2D eigenvalue weighted by molar-refractivity contribution is -0.113. The van der Waals surface area contributed by atoms with Crippen molar-refractivity contribution in [2.45, 2.75) is 5.16 Å². The number of amides is 1. The summed E-state index contributed by atoms with van der Waals surface area (Å²) < 4.78 is 1.80. The fourth-order valence-corrected chi connectivity index (χ4v) is 3.57. The van der Waals surface area contributed by atoms with Crippen LogP contribution < -0.4 is 5.32 Å². The highest BCUT2D eigenvalue weighted by Crippen LogP contribution is 2.24. The zero-order valence-corrected chi connectivity index (χ0v) is 15.6. The summed E-state index contributed by atoms with van der Waals surface area (Å²) in [6.45, 7) is 0. The molecular weight excluding hydrogens is 382 g/mol.